The zero-order valence-electron chi connectivity index (χ0n) is 12.4. The topological polar surface area (TPSA) is 36.9 Å². The van der Waals surface area contributed by atoms with Gasteiger partial charge in [-0.2, -0.15) is 0 Å². The summed E-state index contributed by atoms with van der Waals surface area (Å²) in [6, 6.07) is 0. The van der Waals surface area contributed by atoms with Crippen molar-refractivity contribution in [3.8, 4) is 0 Å². The summed E-state index contributed by atoms with van der Waals surface area (Å²) < 4.78 is 23.6. The molecule has 2 aliphatic heterocycles. The van der Waals surface area contributed by atoms with E-state index >= 15 is 0 Å². The number of hydrogen-bond donors (Lipinski definition) is 0. The minimum Gasteiger partial charge on any atom is -0.370 e. The van der Waals surface area contributed by atoms with E-state index in [2.05, 4.69) is 41.5 Å². The van der Waals surface area contributed by atoms with Crippen LogP contribution in [-0.4, -0.2) is 48.8 Å². The monoisotopic (exact) mass is 258 g/mol. The second kappa shape index (κ2) is 4.75. The third kappa shape index (κ3) is 3.44. The lowest BCUT2D eigenvalue weighted by molar-refractivity contribution is -0.117. The van der Waals surface area contributed by atoms with Gasteiger partial charge in [0.1, 0.15) is 24.4 Å². The van der Waals surface area contributed by atoms with Gasteiger partial charge < -0.3 is 18.9 Å². The van der Waals surface area contributed by atoms with Gasteiger partial charge in [0.25, 0.3) is 0 Å². The van der Waals surface area contributed by atoms with Crippen molar-refractivity contribution in [1.82, 2.24) is 0 Å². The molecule has 2 heterocycles. The predicted octanol–water partition coefficient (Wildman–Crippen LogP) is 2.15. The Kier molecular flexibility index (Phi) is 3.76. The summed E-state index contributed by atoms with van der Waals surface area (Å²) in [6.45, 7) is 13.5. The first kappa shape index (κ1) is 14.3. The van der Waals surface area contributed by atoms with E-state index in [1.165, 1.54) is 0 Å². The van der Waals surface area contributed by atoms with Crippen molar-refractivity contribution in [2.24, 2.45) is 0 Å². The Hall–Kier alpha value is -0.160. The molecular formula is C14H26O4. The molecule has 2 rings (SSSR count). The lowest BCUT2D eigenvalue weighted by Gasteiger charge is -2.27. The molecule has 0 aromatic heterocycles. The second-order valence-electron chi connectivity index (χ2n) is 7.13. The molecule has 0 aromatic rings. The largest absolute Gasteiger partial charge is 0.370 e. The van der Waals surface area contributed by atoms with Crippen molar-refractivity contribution in [1.29, 1.82) is 0 Å². The molecule has 106 valence electrons. The Morgan fingerprint density at radius 1 is 0.722 bits per heavy atom. The molecule has 0 saturated carbocycles. The van der Waals surface area contributed by atoms with E-state index in [-0.39, 0.29) is 35.6 Å². The number of hydrogen-bond acceptors (Lipinski definition) is 4. The Balaban J connectivity index is 1.95. The van der Waals surface area contributed by atoms with Crippen LogP contribution in [0, 0.1) is 0 Å². The van der Waals surface area contributed by atoms with Crippen LogP contribution in [0.3, 0.4) is 0 Å². The molecular weight excluding hydrogens is 232 g/mol. The van der Waals surface area contributed by atoms with Gasteiger partial charge in [0.05, 0.1) is 24.4 Å². The lowest BCUT2D eigenvalue weighted by Crippen LogP contribution is -2.39. The van der Waals surface area contributed by atoms with E-state index < -0.39 is 0 Å². The van der Waals surface area contributed by atoms with Crippen LogP contribution in [0.4, 0.5) is 0 Å². The first-order chi connectivity index (χ1) is 8.16. The van der Waals surface area contributed by atoms with Crippen molar-refractivity contribution in [3.05, 3.63) is 0 Å². The van der Waals surface area contributed by atoms with Gasteiger partial charge in [-0.1, -0.05) is 0 Å². The molecule has 2 aliphatic rings. The van der Waals surface area contributed by atoms with Crippen LogP contribution < -0.4 is 0 Å². The van der Waals surface area contributed by atoms with Crippen molar-refractivity contribution < 1.29 is 18.9 Å². The molecule has 0 radical (unpaired) electrons. The maximum atomic E-state index is 5.99. The van der Waals surface area contributed by atoms with Gasteiger partial charge in [0.2, 0.25) is 0 Å². The number of fused-ring (bicyclic) bond motifs is 1. The van der Waals surface area contributed by atoms with Crippen LogP contribution in [0.5, 0.6) is 0 Å². The fourth-order valence-corrected chi connectivity index (χ4v) is 2.54. The lowest BCUT2D eigenvalue weighted by atomic mass is 10.1. The smallest absolute Gasteiger partial charge is 0.115 e. The number of ether oxygens (including phenoxy) is 4. The van der Waals surface area contributed by atoms with Crippen LogP contribution in [-0.2, 0) is 18.9 Å². The van der Waals surface area contributed by atoms with E-state index in [9.17, 15) is 0 Å². The van der Waals surface area contributed by atoms with E-state index in [0.717, 1.165) is 0 Å². The van der Waals surface area contributed by atoms with Gasteiger partial charge in [-0.3, -0.25) is 0 Å². The average molecular weight is 258 g/mol. The molecule has 0 aliphatic carbocycles. The van der Waals surface area contributed by atoms with Crippen LogP contribution in [0.25, 0.3) is 0 Å². The minimum absolute atomic E-state index is 0.0107. The second-order valence-corrected chi connectivity index (χ2v) is 7.13. The molecule has 0 N–H and O–H groups in total. The Morgan fingerprint density at radius 3 is 1.33 bits per heavy atom. The van der Waals surface area contributed by atoms with E-state index in [1.54, 1.807) is 0 Å². The zero-order chi connectivity index (χ0) is 13.6. The number of rotatable bonds is 2. The summed E-state index contributed by atoms with van der Waals surface area (Å²) in [6.07, 6.45) is 0.0558. The van der Waals surface area contributed by atoms with Gasteiger partial charge in [0, 0.05) is 0 Å². The highest BCUT2D eigenvalue weighted by molar-refractivity contribution is 4.97. The molecule has 2 fully saturated rings. The summed E-state index contributed by atoms with van der Waals surface area (Å²) in [5.74, 6) is 0. The van der Waals surface area contributed by atoms with Crippen LogP contribution in [0.15, 0.2) is 0 Å². The summed E-state index contributed by atoms with van der Waals surface area (Å²) in [5, 5.41) is 0. The molecule has 0 unspecified atom stereocenters. The van der Waals surface area contributed by atoms with Crippen molar-refractivity contribution in [2.75, 3.05) is 13.2 Å². The van der Waals surface area contributed by atoms with Gasteiger partial charge in [0.15, 0.2) is 0 Å². The summed E-state index contributed by atoms with van der Waals surface area (Å²) >= 11 is 0. The molecule has 4 nitrogen and oxygen atoms in total. The highest BCUT2D eigenvalue weighted by atomic mass is 16.6. The fraction of sp³-hybridized carbons (Fsp3) is 1.00. The molecule has 4 heteroatoms. The Morgan fingerprint density at radius 2 is 1.06 bits per heavy atom. The molecule has 18 heavy (non-hydrogen) atoms. The first-order valence-electron chi connectivity index (χ1n) is 6.74. The Bertz CT molecular complexity index is 259. The van der Waals surface area contributed by atoms with Crippen molar-refractivity contribution in [3.63, 3.8) is 0 Å². The van der Waals surface area contributed by atoms with E-state index in [4.69, 9.17) is 18.9 Å². The predicted molar refractivity (Wildman–Crippen MR) is 68.7 cm³/mol. The minimum atomic E-state index is -0.171. The maximum Gasteiger partial charge on any atom is 0.115 e. The SMILES string of the molecule is CC(C)(C)O[C@H]1CO[C@H]2[C@@H]1OC[C@H]2OC(C)(C)C. The summed E-state index contributed by atoms with van der Waals surface area (Å²) in [4.78, 5) is 0. The molecule has 4 atom stereocenters. The van der Waals surface area contributed by atoms with E-state index in [1.807, 2.05) is 0 Å². The van der Waals surface area contributed by atoms with Gasteiger partial charge in [-0.25, -0.2) is 0 Å². The third-order valence-corrected chi connectivity index (χ3v) is 2.97. The van der Waals surface area contributed by atoms with Crippen LogP contribution >= 0.6 is 0 Å². The van der Waals surface area contributed by atoms with Gasteiger partial charge in [-0.15, -0.1) is 0 Å². The molecule has 0 amide bonds. The standard InChI is InChI=1S/C14H26O4/c1-13(2,3)17-9-7-15-12-10(8-16-11(9)12)18-14(4,5)6/h9-12H,7-8H2,1-6H3/t9-,10+,11-,12-/m1/s1. The van der Waals surface area contributed by atoms with E-state index in [0.29, 0.717) is 13.2 Å². The zero-order valence-corrected chi connectivity index (χ0v) is 12.4. The third-order valence-electron chi connectivity index (χ3n) is 2.97. The van der Waals surface area contributed by atoms with Crippen molar-refractivity contribution in [2.45, 2.75) is 77.2 Å². The van der Waals surface area contributed by atoms with Crippen LogP contribution in [0.2, 0.25) is 0 Å². The molecule has 0 aromatic carbocycles. The summed E-state index contributed by atoms with van der Waals surface area (Å²) in [5.41, 5.74) is -0.343. The molecule has 2 saturated heterocycles. The quantitative estimate of drug-likeness (QED) is 0.760. The van der Waals surface area contributed by atoms with Gasteiger partial charge in [-0.05, 0) is 41.5 Å². The van der Waals surface area contributed by atoms with Crippen molar-refractivity contribution >= 4 is 0 Å². The molecule has 0 bridgehead atoms. The van der Waals surface area contributed by atoms with Crippen LogP contribution in [0.1, 0.15) is 41.5 Å². The average Bonchev–Trinajstić information content (AvgIpc) is 2.66. The molecule has 0 spiro atoms. The normalized spacial score (nSPS) is 37.0. The van der Waals surface area contributed by atoms with Gasteiger partial charge >= 0.3 is 0 Å². The Labute approximate surface area is 110 Å². The maximum absolute atomic E-state index is 5.99. The highest BCUT2D eigenvalue weighted by Crippen LogP contribution is 2.33. The highest BCUT2D eigenvalue weighted by Gasteiger charge is 2.50. The first-order valence-corrected chi connectivity index (χ1v) is 6.74. The summed E-state index contributed by atoms with van der Waals surface area (Å²) in [7, 11) is 0. The fourth-order valence-electron chi connectivity index (χ4n) is 2.54.